The van der Waals surface area contributed by atoms with E-state index in [2.05, 4.69) is 20.0 Å². The Morgan fingerprint density at radius 2 is 1.76 bits per heavy atom. The number of nitrogens with zero attached hydrogens (tertiary/aromatic N) is 7. The molecule has 1 aliphatic heterocycles. The number of anilines is 2. The number of hydrogen-bond acceptors (Lipinski definition) is 10. The molecular formula is C28H38ClN7O6. The normalized spacial score (nSPS) is 17.9. The molecule has 13 nitrogen and oxygen atoms in total. The van der Waals surface area contributed by atoms with Crippen molar-refractivity contribution in [3.63, 3.8) is 0 Å². The van der Waals surface area contributed by atoms with E-state index in [1.54, 1.807) is 13.3 Å². The maximum Gasteiger partial charge on any atom is 0.424 e. The number of nitriles is 1. The van der Waals surface area contributed by atoms with E-state index in [4.69, 9.17) is 16.3 Å². The molecule has 2 amide bonds. The van der Waals surface area contributed by atoms with Crippen LogP contribution in [0, 0.1) is 30.6 Å². The number of halogens is 1. The van der Waals surface area contributed by atoms with Crippen LogP contribution < -0.4 is 14.6 Å². The highest BCUT2D eigenvalue weighted by atomic mass is 35.5. The third-order valence-electron chi connectivity index (χ3n) is 7.53. The molecule has 228 valence electrons. The highest BCUT2D eigenvalue weighted by Gasteiger charge is 2.61. The number of hydrazine groups is 1. The van der Waals surface area contributed by atoms with Crippen LogP contribution in [0.15, 0.2) is 6.20 Å². The van der Waals surface area contributed by atoms with Crippen LogP contribution in [0.1, 0.15) is 76.8 Å². The van der Waals surface area contributed by atoms with Crippen molar-refractivity contribution in [1.82, 2.24) is 20.0 Å². The van der Waals surface area contributed by atoms with E-state index in [1.807, 2.05) is 66.5 Å². The van der Waals surface area contributed by atoms with Gasteiger partial charge in [-0.1, -0.05) is 32.4 Å². The molecule has 0 saturated carbocycles. The predicted molar refractivity (Wildman–Crippen MR) is 156 cm³/mol. The van der Waals surface area contributed by atoms with Gasteiger partial charge in [0.15, 0.2) is 5.82 Å². The summed E-state index contributed by atoms with van der Waals surface area (Å²) in [4.78, 5) is 37.2. The maximum atomic E-state index is 11.9. The van der Waals surface area contributed by atoms with E-state index in [1.165, 1.54) is 0 Å². The molecule has 42 heavy (non-hydrogen) atoms. The number of fused-ring (bicyclic) bond motifs is 1. The minimum atomic E-state index is -1.80. The second-order valence-electron chi connectivity index (χ2n) is 12.3. The summed E-state index contributed by atoms with van der Waals surface area (Å²) in [5.74, 6) is 0.213. The predicted octanol–water partition coefficient (Wildman–Crippen LogP) is 5.25. The number of rotatable bonds is 7. The topological polar surface area (TPSA) is 176 Å². The molecule has 2 aromatic rings. The molecule has 14 heteroatoms. The first-order valence-electron chi connectivity index (χ1n) is 13.3. The van der Waals surface area contributed by atoms with Gasteiger partial charge in [-0.15, -0.1) is 4.90 Å². The van der Waals surface area contributed by atoms with Crippen LogP contribution >= 0.6 is 11.6 Å². The average molecular weight is 604 g/mol. The number of carboxylic acid groups (broad SMARTS) is 2. The Balaban J connectivity index is 2.47. The van der Waals surface area contributed by atoms with Crippen molar-refractivity contribution < 1.29 is 29.6 Å². The summed E-state index contributed by atoms with van der Waals surface area (Å²) in [6, 6.07) is 1.87. The summed E-state index contributed by atoms with van der Waals surface area (Å²) in [6.07, 6.45) is -2.85. The first-order chi connectivity index (χ1) is 19.3. The Bertz CT molecular complexity index is 1420. The number of hydrogen-bond donors (Lipinski definition) is 3. The lowest BCUT2D eigenvalue weighted by atomic mass is 9.66. The van der Waals surface area contributed by atoms with Gasteiger partial charge in [0.1, 0.15) is 17.0 Å². The largest absolute Gasteiger partial charge is 0.496 e. The lowest BCUT2D eigenvalue weighted by Gasteiger charge is -2.55. The first kappa shape index (κ1) is 32.8. The number of aliphatic hydroxyl groups excluding tert-OH is 1. The Morgan fingerprint density at radius 1 is 1.17 bits per heavy atom. The van der Waals surface area contributed by atoms with Crippen LogP contribution in [0.5, 0.6) is 5.75 Å². The van der Waals surface area contributed by atoms with E-state index >= 15 is 0 Å². The summed E-state index contributed by atoms with van der Waals surface area (Å²) in [5, 5.41) is 42.8. The number of amides is 2. The molecule has 0 aromatic carbocycles. The molecule has 2 atom stereocenters. The minimum Gasteiger partial charge on any atom is -0.496 e. The van der Waals surface area contributed by atoms with Gasteiger partial charge in [-0.3, -0.25) is 9.99 Å². The molecule has 0 fully saturated rings. The third kappa shape index (κ3) is 5.54. The van der Waals surface area contributed by atoms with Gasteiger partial charge in [0.05, 0.1) is 36.5 Å². The average Bonchev–Trinajstić information content (AvgIpc) is 3.15. The Hall–Kier alpha value is -3.73. The quantitative estimate of drug-likeness (QED) is 0.277. The second-order valence-corrected chi connectivity index (χ2v) is 12.7. The fourth-order valence-corrected chi connectivity index (χ4v) is 6.19. The lowest BCUT2D eigenvalue weighted by molar-refractivity contribution is -0.0755. The summed E-state index contributed by atoms with van der Waals surface area (Å²) < 4.78 is 5.62. The van der Waals surface area contributed by atoms with Gasteiger partial charge in [0, 0.05) is 22.9 Å². The molecule has 0 radical (unpaired) electrons. The van der Waals surface area contributed by atoms with Crippen LogP contribution in [-0.2, 0) is 12.1 Å². The third-order valence-corrected chi connectivity index (χ3v) is 7.81. The van der Waals surface area contributed by atoms with Gasteiger partial charge in [0.2, 0.25) is 5.95 Å². The first-order valence-corrected chi connectivity index (χ1v) is 13.7. The van der Waals surface area contributed by atoms with Gasteiger partial charge in [-0.2, -0.15) is 15.2 Å². The Labute approximate surface area is 250 Å². The van der Waals surface area contributed by atoms with Crippen molar-refractivity contribution in [3.05, 3.63) is 33.7 Å². The van der Waals surface area contributed by atoms with Crippen LogP contribution in [0.3, 0.4) is 0 Å². The summed E-state index contributed by atoms with van der Waals surface area (Å²) in [6.45, 7) is 15.8. The van der Waals surface area contributed by atoms with Gasteiger partial charge in [-0.25, -0.2) is 14.6 Å². The lowest BCUT2D eigenvalue weighted by Crippen LogP contribution is -2.63. The van der Waals surface area contributed by atoms with Crippen molar-refractivity contribution in [2.45, 2.75) is 92.0 Å². The van der Waals surface area contributed by atoms with Crippen molar-refractivity contribution >= 4 is 35.6 Å². The number of aryl methyl sites for hydroxylation is 1. The maximum absolute atomic E-state index is 11.9. The number of aromatic nitrogens is 3. The minimum absolute atomic E-state index is 0.000692. The summed E-state index contributed by atoms with van der Waals surface area (Å²) in [7, 11) is 1.57. The molecule has 0 bridgehead atoms. The van der Waals surface area contributed by atoms with E-state index < -0.39 is 40.7 Å². The molecule has 2 aromatic heterocycles. The van der Waals surface area contributed by atoms with Crippen molar-refractivity contribution in [2.24, 2.45) is 5.41 Å². The molecule has 0 aliphatic carbocycles. The molecular weight excluding hydrogens is 566 g/mol. The smallest absolute Gasteiger partial charge is 0.424 e. The zero-order valence-electron chi connectivity index (χ0n) is 25.4. The number of methoxy groups -OCH3 is 1. The van der Waals surface area contributed by atoms with Gasteiger partial charge in [0.25, 0.3) is 0 Å². The van der Waals surface area contributed by atoms with E-state index in [-0.39, 0.29) is 35.3 Å². The second kappa shape index (κ2) is 11.5. The molecule has 2 unspecified atom stereocenters. The molecule has 3 N–H and O–H groups in total. The highest BCUT2D eigenvalue weighted by Crippen LogP contribution is 2.60. The van der Waals surface area contributed by atoms with Crippen molar-refractivity contribution in [3.8, 4) is 11.8 Å². The molecule has 0 saturated heterocycles. The highest BCUT2D eigenvalue weighted by molar-refractivity contribution is 6.31. The van der Waals surface area contributed by atoms with Crippen LogP contribution in [0.2, 0.25) is 5.15 Å². The zero-order chi connectivity index (χ0) is 31.9. The van der Waals surface area contributed by atoms with Gasteiger partial charge < -0.3 is 20.1 Å². The molecule has 3 heterocycles. The van der Waals surface area contributed by atoms with Crippen LogP contribution in [0.4, 0.5) is 21.4 Å². The Kier molecular flexibility index (Phi) is 8.98. The van der Waals surface area contributed by atoms with Gasteiger partial charge >= 0.3 is 12.2 Å². The van der Waals surface area contributed by atoms with E-state index in [0.29, 0.717) is 17.0 Å². The fourth-order valence-electron chi connectivity index (χ4n) is 5.87. The fraction of sp³-hybridized carbons (Fsp3) is 0.571. The summed E-state index contributed by atoms with van der Waals surface area (Å²) >= 11 is 6.87. The number of ether oxygens (including phenoxy) is 1. The number of pyridine rings is 1. The number of carbonyl (C=O) groups is 2. The SMILES string of the molecule is COc1c(C)cnc(CN2c3nc(N(C(=O)O)C(=O)O)nc(Cl)c3C(CCC(O)C#N)(C(C)(C)C)N2C(C)(C)C)c1C. The van der Waals surface area contributed by atoms with Crippen LogP contribution in [-0.4, -0.2) is 66.2 Å². The molecule has 3 rings (SSSR count). The molecule has 1 aliphatic rings. The number of aliphatic hydroxyl groups is 1. The van der Waals surface area contributed by atoms with Crippen molar-refractivity contribution in [1.29, 1.82) is 5.26 Å². The Morgan fingerprint density at radius 3 is 2.24 bits per heavy atom. The zero-order valence-corrected chi connectivity index (χ0v) is 26.1. The van der Waals surface area contributed by atoms with Crippen molar-refractivity contribution in [2.75, 3.05) is 17.0 Å². The van der Waals surface area contributed by atoms with E-state index in [9.17, 15) is 30.2 Å². The summed E-state index contributed by atoms with van der Waals surface area (Å²) in [5.41, 5.74) is 0.329. The van der Waals surface area contributed by atoms with E-state index in [0.717, 1.165) is 11.1 Å². The molecule has 0 spiro atoms. The number of imide groups is 1. The van der Waals surface area contributed by atoms with Gasteiger partial charge in [-0.05, 0) is 52.9 Å². The standard InChI is InChI=1S/C28H38ClN7O6/c1-15-13-31-18(16(2)20(15)42-9)14-34-22-19(21(29)32-23(33-22)35(24(38)39)25(40)41)28(26(3,4)5,11-10-17(37)12-30)36(34)27(6,7)8/h13,17,37H,10-11,14H2,1-9H3,(H,38,39)(H,40,41). The monoisotopic (exact) mass is 603 g/mol. The van der Waals surface area contributed by atoms with Crippen LogP contribution in [0.25, 0.3) is 0 Å².